The monoisotopic (exact) mass is 601 g/mol. The molecule has 0 aliphatic carbocycles. The Bertz CT molecular complexity index is 1570. The van der Waals surface area contributed by atoms with Crippen LogP contribution < -0.4 is 19.7 Å². The van der Waals surface area contributed by atoms with Crippen LogP contribution in [0.2, 0.25) is 0 Å². The van der Waals surface area contributed by atoms with E-state index in [9.17, 15) is 13.2 Å². The van der Waals surface area contributed by atoms with E-state index in [1.54, 1.807) is 60.9 Å². The number of carbonyl (C=O) groups is 1. The van der Waals surface area contributed by atoms with Gasteiger partial charge in [0, 0.05) is 50.5 Å². The van der Waals surface area contributed by atoms with Crippen molar-refractivity contribution in [1.29, 1.82) is 0 Å². The summed E-state index contributed by atoms with van der Waals surface area (Å²) < 4.78 is 34.4. The minimum absolute atomic E-state index is 0. The first-order chi connectivity index (χ1) is 18.8. The van der Waals surface area contributed by atoms with E-state index in [-0.39, 0.29) is 23.2 Å². The summed E-state index contributed by atoms with van der Waals surface area (Å²) in [7, 11) is -2.06. The van der Waals surface area contributed by atoms with E-state index in [0.29, 0.717) is 17.8 Å². The number of nitrogens with one attached hydrogen (secondary N) is 2. The molecule has 0 bridgehead atoms. The van der Waals surface area contributed by atoms with Crippen molar-refractivity contribution in [1.82, 2.24) is 15.2 Å². The number of anilines is 2. The number of sulfonamides is 1. The third-order valence-electron chi connectivity index (χ3n) is 6.70. The van der Waals surface area contributed by atoms with Crippen LogP contribution in [0.1, 0.15) is 15.9 Å². The van der Waals surface area contributed by atoms with Gasteiger partial charge in [-0.25, -0.2) is 13.4 Å². The number of thiazole rings is 1. The number of hydrogen-bond donors (Lipinski definition) is 2. The first-order valence-electron chi connectivity index (χ1n) is 12.7. The lowest BCUT2D eigenvalue weighted by molar-refractivity contribution is 0.0948. The summed E-state index contributed by atoms with van der Waals surface area (Å²) in [5.41, 5.74) is 2.85. The van der Waals surface area contributed by atoms with Gasteiger partial charge in [-0.05, 0) is 48.9 Å². The molecular weight excluding hydrogens is 570 g/mol. The fourth-order valence-electron chi connectivity index (χ4n) is 4.53. The highest BCUT2D eigenvalue weighted by molar-refractivity contribution is 7.92. The Balaban J connectivity index is 0.00000370. The van der Waals surface area contributed by atoms with Crippen LogP contribution in [0.4, 0.5) is 10.8 Å². The van der Waals surface area contributed by atoms with Crippen molar-refractivity contribution in [3.05, 3.63) is 77.9 Å². The van der Waals surface area contributed by atoms with Gasteiger partial charge in [-0.3, -0.25) is 14.4 Å². The molecule has 0 unspecified atom stereocenters. The number of carbonyl (C=O) groups excluding carboxylic acids is 1. The Morgan fingerprint density at radius 2 is 1.77 bits per heavy atom. The molecule has 0 radical (unpaired) electrons. The Kier molecular flexibility index (Phi) is 9.52. The second kappa shape index (κ2) is 12.9. The molecule has 2 N–H and O–H groups in total. The van der Waals surface area contributed by atoms with Crippen molar-refractivity contribution >= 4 is 60.7 Å². The van der Waals surface area contributed by atoms with Gasteiger partial charge in [-0.2, -0.15) is 0 Å². The lowest BCUT2D eigenvalue weighted by Crippen LogP contribution is -2.48. The maximum atomic E-state index is 12.7. The summed E-state index contributed by atoms with van der Waals surface area (Å²) in [4.78, 5) is 22.4. The molecule has 12 heteroatoms. The van der Waals surface area contributed by atoms with E-state index in [1.807, 2.05) is 6.07 Å². The fourth-order valence-corrected chi connectivity index (χ4v) is 6.70. The van der Waals surface area contributed by atoms with Crippen LogP contribution in [0, 0.1) is 6.92 Å². The molecule has 1 fully saturated rings. The summed E-state index contributed by atoms with van der Waals surface area (Å²) in [6.07, 6.45) is 0. The zero-order chi connectivity index (χ0) is 27.4. The first-order valence-corrected chi connectivity index (χ1v) is 15.0. The molecule has 1 aliphatic rings. The Morgan fingerprint density at radius 3 is 2.50 bits per heavy atom. The number of fused-ring (bicyclic) bond motifs is 1. The Labute approximate surface area is 244 Å². The van der Waals surface area contributed by atoms with Gasteiger partial charge in [-0.1, -0.05) is 41.7 Å². The van der Waals surface area contributed by atoms with Gasteiger partial charge in [-0.15, -0.1) is 12.4 Å². The van der Waals surface area contributed by atoms with Crippen LogP contribution in [-0.2, 0) is 10.0 Å². The maximum absolute atomic E-state index is 12.7. The second-order valence-electron chi connectivity index (χ2n) is 9.34. The summed E-state index contributed by atoms with van der Waals surface area (Å²) in [5.74, 6) is 0.555. The lowest BCUT2D eigenvalue weighted by atomic mass is 10.2. The van der Waals surface area contributed by atoms with Crippen molar-refractivity contribution in [2.24, 2.45) is 0 Å². The van der Waals surface area contributed by atoms with E-state index in [2.05, 4.69) is 32.8 Å². The largest absolute Gasteiger partial charge is 0.494 e. The highest BCUT2D eigenvalue weighted by Crippen LogP contribution is 2.36. The minimum atomic E-state index is -3.73. The second-order valence-corrected chi connectivity index (χ2v) is 12.0. The number of piperazine rings is 1. The lowest BCUT2D eigenvalue weighted by Gasteiger charge is -2.34. The van der Waals surface area contributed by atoms with E-state index < -0.39 is 10.0 Å². The van der Waals surface area contributed by atoms with E-state index >= 15 is 0 Å². The van der Waals surface area contributed by atoms with E-state index in [1.165, 1.54) is 17.7 Å². The smallest absolute Gasteiger partial charge is 0.261 e. The van der Waals surface area contributed by atoms with E-state index in [0.717, 1.165) is 53.8 Å². The topological polar surface area (TPSA) is 104 Å². The molecule has 2 heterocycles. The average Bonchev–Trinajstić information content (AvgIpc) is 3.41. The van der Waals surface area contributed by atoms with Gasteiger partial charge in [0.15, 0.2) is 5.13 Å². The number of methoxy groups -OCH3 is 1. The van der Waals surface area contributed by atoms with Crippen LogP contribution in [0.25, 0.3) is 10.2 Å². The van der Waals surface area contributed by atoms with Gasteiger partial charge in [0.05, 0.1) is 16.7 Å². The first kappa shape index (κ1) is 29.6. The van der Waals surface area contributed by atoms with Gasteiger partial charge in [0.2, 0.25) is 0 Å². The number of ether oxygens (including phenoxy) is 1. The molecule has 0 atom stereocenters. The molecule has 4 aromatic rings. The molecule has 9 nitrogen and oxygen atoms in total. The summed E-state index contributed by atoms with van der Waals surface area (Å²) in [6.45, 7) is 6.78. The molecule has 5 rings (SSSR count). The standard InChI is InChI=1S/C28H31N5O4S2.ClH/c1-20-11-12-24(37-2)25-26(20)38-28(30-25)33-17-15-32(16-18-33)14-13-29-27(34)21-7-6-8-22(19-21)31-39(35,36)23-9-4-3-5-10-23;/h3-12,19,31H,13-18H2,1-2H3,(H,29,34);1H. The summed E-state index contributed by atoms with van der Waals surface area (Å²) in [6, 6.07) is 18.7. The van der Waals surface area contributed by atoms with Crippen LogP contribution in [0.5, 0.6) is 5.75 Å². The van der Waals surface area contributed by atoms with Crippen molar-refractivity contribution in [3.8, 4) is 5.75 Å². The van der Waals surface area contributed by atoms with Crippen LogP contribution in [0.15, 0.2) is 71.6 Å². The predicted molar refractivity (Wildman–Crippen MR) is 163 cm³/mol. The summed E-state index contributed by atoms with van der Waals surface area (Å²) >= 11 is 1.70. The minimum Gasteiger partial charge on any atom is -0.494 e. The third kappa shape index (κ3) is 6.67. The number of benzene rings is 3. The van der Waals surface area contributed by atoms with Crippen molar-refractivity contribution in [2.45, 2.75) is 11.8 Å². The zero-order valence-electron chi connectivity index (χ0n) is 22.3. The van der Waals surface area contributed by atoms with E-state index in [4.69, 9.17) is 9.72 Å². The van der Waals surface area contributed by atoms with Crippen molar-refractivity contribution in [3.63, 3.8) is 0 Å². The van der Waals surface area contributed by atoms with Gasteiger partial charge < -0.3 is 15.0 Å². The van der Waals surface area contributed by atoms with Gasteiger partial charge >= 0.3 is 0 Å². The number of aromatic nitrogens is 1. The molecule has 0 saturated carbocycles. The van der Waals surface area contributed by atoms with Crippen molar-refractivity contribution in [2.75, 3.05) is 56.0 Å². The number of aryl methyl sites for hydroxylation is 1. The van der Waals surface area contributed by atoms with Gasteiger partial charge in [0.1, 0.15) is 11.3 Å². The maximum Gasteiger partial charge on any atom is 0.261 e. The molecule has 0 spiro atoms. The number of amides is 1. The summed E-state index contributed by atoms with van der Waals surface area (Å²) in [5, 5.41) is 3.96. The molecule has 212 valence electrons. The average molecular weight is 602 g/mol. The highest BCUT2D eigenvalue weighted by Gasteiger charge is 2.21. The van der Waals surface area contributed by atoms with Crippen LogP contribution in [-0.4, -0.2) is 70.6 Å². The van der Waals surface area contributed by atoms with Gasteiger partial charge in [0.25, 0.3) is 15.9 Å². The van der Waals surface area contributed by atoms with Crippen LogP contribution in [0.3, 0.4) is 0 Å². The normalized spacial score (nSPS) is 14.0. The molecule has 1 aromatic heterocycles. The number of halogens is 1. The fraction of sp³-hybridized carbons (Fsp3) is 0.286. The quantitative estimate of drug-likeness (QED) is 0.293. The molecular formula is C28H32ClN5O4S2. The molecule has 1 aliphatic heterocycles. The number of rotatable bonds is 9. The number of hydrogen-bond acceptors (Lipinski definition) is 8. The number of nitrogens with zero attached hydrogens (tertiary/aromatic N) is 3. The predicted octanol–water partition coefficient (Wildman–Crippen LogP) is 4.39. The Hall–Kier alpha value is -3.38. The Morgan fingerprint density at radius 1 is 1.02 bits per heavy atom. The van der Waals surface area contributed by atoms with Crippen LogP contribution >= 0.6 is 23.7 Å². The zero-order valence-corrected chi connectivity index (χ0v) is 24.7. The molecule has 3 aromatic carbocycles. The SMILES string of the molecule is COc1ccc(C)c2sc(N3CCN(CCNC(=O)c4cccc(NS(=O)(=O)c5ccccc5)c4)CC3)nc12.Cl. The third-order valence-corrected chi connectivity index (χ3v) is 9.35. The molecule has 1 saturated heterocycles. The molecule has 1 amide bonds. The molecule has 40 heavy (non-hydrogen) atoms. The highest BCUT2D eigenvalue weighted by atomic mass is 35.5. The van der Waals surface area contributed by atoms with Crippen molar-refractivity contribution < 1.29 is 17.9 Å².